The first-order valence-corrected chi connectivity index (χ1v) is 12.7. The molecule has 0 spiro atoms. The van der Waals surface area contributed by atoms with E-state index in [1.165, 1.54) is 39.0 Å². The highest BCUT2D eigenvalue weighted by molar-refractivity contribution is 7.99. The van der Waals surface area contributed by atoms with E-state index in [0.717, 1.165) is 29.4 Å². The van der Waals surface area contributed by atoms with Crippen molar-refractivity contribution in [2.75, 3.05) is 43.4 Å². The fourth-order valence-corrected chi connectivity index (χ4v) is 7.01. The van der Waals surface area contributed by atoms with Crippen LogP contribution in [0.2, 0.25) is 0 Å². The Morgan fingerprint density at radius 3 is 2.43 bits per heavy atom. The molecule has 4 rings (SSSR count). The second kappa shape index (κ2) is 8.34. The van der Waals surface area contributed by atoms with E-state index in [1.807, 2.05) is 6.07 Å². The highest BCUT2D eigenvalue weighted by atomic mass is 32.2. The lowest BCUT2D eigenvalue weighted by Gasteiger charge is -2.40. The van der Waals surface area contributed by atoms with Gasteiger partial charge >= 0.3 is 0 Å². The average molecular weight is 424 g/mol. The summed E-state index contributed by atoms with van der Waals surface area (Å²) >= 11 is 1.67. The highest BCUT2D eigenvalue weighted by Gasteiger charge is 2.32. The molecule has 1 aromatic rings. The molecule has 154 valence electrons. The molecule has 2 aliphatic heterocycles. The Hall–Kier alpha value is -1.09. The van der Waals surface area contributed by atoms with Crippen molar-refractivity contribution in [2.24, 2.45) is 0 Å². The summed E-state index contributed by atoms with van der Waals surface area (Å²) in [6.07, 6.45) is 6.41. The monoisotopic (exact) mass is 423 g/mol. The van der Waals surface area contributed by atoms with E-state index in [-0.39, 0.29) is 5.91 Å². The molecule has 1 aliphatic carbocycles. The van der Waals surface area contributed by atoms with Crippen LogP contribution >= 0.6 is 11.8 Å². The number of hydrogen-bond donors (Lipinski definition) is 0. The molecule has 0 N–H and O–H groups in total. The molecule has 0 atom stereocenters. The summed E-state index contributed by atoms with van der Waals surface area (Å²) in [5.41, 5.74) is 0.727. The number of carbonyl (C=O) groups is 1. The van der Waals surface area contributed by atoms with Gasteiger partial charge in [0.2, 0.25) is 15.9 Å². The number of anilines is 1. The zero-order valence-corrected chi connectivity index (χ0v) is 18.1. The van der Waals surface area contributed by atoms with Crippen LogP contribution in [0.15, 0.2) is 28.0 Å². The molecule has 28 heavy (non-hydrogen) atoms. The zero-order valence-electron chi connectivity index (χ0n) is 16.5. The topological polar surface area (TPSA) is 60.9 Å². The number of hydrogen-bond acceptors (Lipinski definition) is 5. The maximum Gasteiger partial charge on any atom is 0.243 e. The number of nitrogens with zero attached hydrogens (tertiary/aromatic N) is 3. The molecule has 2 fully saturated rings. The van der Waals surface area contributed by atoms with Crippen molar-refractivity contribution in [3.8, 4) is 0 Å². The van der Waals surface area contributed by atoms with Gasteiger partial charge < -0.3 is 4.90 Å². The van der Waals surface area contributed by atoms with Gasteiger partial charge in [-0.1, -0.05) is 19.3 Å². The fourth-order valence-electron chi connectivity index (χ4n) is 4.59. The lowest BCUT2D eigenvalue weighted by atomic mass is 9.94. The van der Waals surface area contributed by atoms with Crippen LogP contribution in [0.3, 0.4) is 0 Å². The van der Waals surface area contributed by atoms with E-state index in [2.05, 4.69) is 4.90 Å². The maximum atomic E-state index is 13.2. The summed E-state index contributed by atoms with van der Waals surface area (Å²) < 4.78 is 28.1. The smallest absolute Gasteiger partial charge is 0.243 e. The van der Waals surface area contributed by atoms with Crippen molar-refractivity contribution in [2.45, 2.75) is 54.9 Å². The normalized spacial score (nSPS) is 22.8. The number of carbonyl (C=O) groups excluding carboxylic acids is 1. The van der Waals surface area contributed by atoms with Gasteiger partial charge in [-0.05, 0) is 31.0 Å². The molecule has 0 aromatic heterocycles. The standard InChI is InChI=1S/C20H29N3O3S2/c1-16(24)23-13-14-27-20-8-7-18(15-19(20)23)28(25,26)22-11-9-21(10-12-22)17-5-3-2-4-6-17/h7-8,15,17H,2-6,9-14H2,1H3. The van der Waals surface area contributed by atoms with E-state index >= 15 is 0 Å². The number of piperazine rings is 1. The third-order valence-electron chi connectivity index (χ3n) is 6.18. The molecule has 0 unspecified atom stereocenters. The van der Waals surface area contributed by atoms with Crippen LogP contribution in [0.4, 0.5) is 5.69 Å². The fraction of sp³-hybridized carbons (Fsp3) is 0.650. The molecule has 1 aromatic carbocycles. The van der Waals surface area contributed by atoms with Crippen LogP contribution in [-0.4, -0.2) is 68.0 Å². The number of benzene rings is 1. The Labute approximate surface area is 172 Å². The van der Waals surface area contributed by atoms with Crippen molar-refractivity contribution >= 4 is 33.4 Å². The molecule has 1 saturated heterocycles. The Kier molecular flexibility index (Phi) is 6.01. The van der Waals surface area contributed by atoms with Gasteiger partial charge in [-0.15, -0.1) is 11.8 Å². The number of fused-ring (bicyclic) bond motifs is 1. The van der Waals surface area contributed by atoms with Gasteiger partial charge in [0.1, 0.15) is 0 Å². The number of amides is 1. The van der Waals surface area contributed by atoms with Gasteiger partial charge in [0.15, 0.2) is 0 Å². The summed E-state index contributed by atoms with van der Waals surface area (Å²) in [6, 6.07) is 5.85. The third kappa shape index (κ3) is 3.97. The Balaban J connectivity index is 1.50. The van der Waals surface area contributed by atoms with E-state index in [9.17, 15) is 13.2 Å². The molecule has 1 amide bonds. The SMILES string of the molecule is CC(=O)N1CCSc2ccc(S(=O)(=O)N3CCN(C4CCCCC4)CC3)cc21. The predicted octanol–water partition coefficient (Wildman–Crippen LogP) is 2.78. The first kappa shape index (κ1) is 20.2. The highest BCUT2D eigenvalue weighted by Crippen LogP contribution is 2.37. The zero-order chi connectivity index (χ0) is 19.7. The molecule has 2 heterocycles. The number of sulfonamides is 1. The van der Waals surface area contributed by atoms with Crippen molar-refractivity contribution in [3.63, 3.8) is 0 Å². The van der Waals surface area contributed by atoms with Crippen LogP contribution in [0.5, 0.6) is 0 Å². The van der Waals surface area contributed by atoms with Crippen LogP contribution in [0.25, 0.3) is 0 Å². The lowest BCUT2D eigenvalue weighted by molar-refractivity contribution is -0.116. The molecule has 0 radical (unpaired) electrons. The summed E-state index contributed by atoms with van der Waals surface area (Å²) in [7, 11) is -3.54. The van der Waals surface area contributed by atoms with Gasteiger partial charge in [0.25, 0.3) is 0 Å². The minimum absolute atomic E-state index is 0.0443. The van der Waals surface area contributed by atoms with Crippen LogP contribution in [-0.2, 0) is 14.8 Å². The van der Waals surface area contributed by atoms with Crippen molar-refractivity contribution in [1.82, 2.24) is 9.21 Å². The molecular formula is C20H29N3O3S2. The van der Waals surface area contributed by atoms with E-state index < -0.39 is 10.0 Å². The summed E-state index contributed by atoms with van der Waals surface area (Å²) in [6.45, 7) is 4.86. The summed E-state index contributed by atoms with van der Waals surface area (Å²) in [4.78, 5) is 17.4. The first-order valence-electron chi connectivity index (χ1n) is 10.3. The summed E-state index contributed by atoms with van der Waals surface area (Å²) in [5, 5.41) is 0. The average Bonchev–Trinajstić information content (AvgIpc) is 2.73. The third-order valence-corrected chi connectivity index (χ3v) is 9.11. The molecule has 6 nitrogen and oxygen atoms in total. The minimum atomic E-state index is -3.54. The van der Waals surface area contributed by atoms with Gasteiger partial charge in [0.05, 0.1) is 10.6 Å². The maximum absolute atomic E-state index is 13.2. The van der Waals surface area contributed by atoms with Crippen LogP contribution in [0.1, 0.15) is 39.0 Å². The van der Waals surface area contributed by atoms with Gasteiger partial charge in [-0.25, -0.2) is 8.42 Å². The van der Waals surface area contributed by atoms with Gasteiger partial charge in [-0.3, -0.25) is 9.69 Å². The van der Waals surface area contributed by atoms with Crippen molar-refractivity contribution < 1.29 is 13.2 Å². The number of thioether (sulfide) groups is 1. The quantitative estimate of drug-likeness (QED) is 0.748. The second-order valence-electron chi connectivity index (χ2n) is 7.88. The molecule has 0 bridgehead atoms. The van der Waals surface area contributed by atoms with Gasteiger partial charge in [0, 0.05) is 56.3 Å². The van der Waals surface area contributed by atoms with E-state index in [1.54, 1.807) is 33.1 Å². The van der Waals surface area contributed by atoms with Crippen LogP contribution in [0, 0.1) is 0 Å². The Morgan fingerprint density at radius 1 is 1.04 bits per heavy atom. The molecule has 8 heteroatoms. The van der Waals surface area contributed by atoms with Crippen molar-refractivity contribution in [3.05, 3.63) is 18.2 Å². The van der Waals surface area contributed by atoms with Crippen molar-refractivity contribution in [1.29, 1.82) is 0 Å². The molecule has 1 saturated carbocycles. The Bertz CT molecular complexity index is 829. The molecular weight excluding hydrogens is 394 g/mol. The number of rotatable bonds is 3. The van der Waals surface area contributed by atoms with E-state index in [4.69, 9.17) is 0 Å². The lowest BCUT2D eigenvalue weighted by Crippen LogP contribution is -2.52. The van der Waals surface area contributed by atoms with E-state index in [0.29, 0.717) is 30.6 Å². The van der Waals surface area contributed by atoms with Gasteiger partial charge in [-0.2, -0.15) is 4.31 Å². The summed E-state index contributed by atoms with van der Waals surface area (Å²) in [5.74, 6) is 0.791. The Morgan fingerprint density at radius 2 is 1.75 bits per heavy atom. The van der Waals surface area contributed by atoms with Crippen LogP contribution < -0.4 is 4.90 Å². The second-order valence-corrected chi connectivity index (χ2v) is 11.0. The molecule has 3 aliphatic rings. The first-order chi connectivity index (χ1) is 13.5. The minimum Gasteiger partial charge on any atom is -0.311 e. The largest absolute Gasteiger partial charge is 0.311 e. The predicted molar refractivity (Wildman–Crippen MR) is 112 cm³/mol.